The van der Waals surface area contributed by atoms with Crippen molar-refractivity contribution in [2.45, 2.75) is 27.2 Å². The van der Waals surface area contributed by atoms with E-state index in [2.05, 4.69) is 5.32 Å². The quantitative estimate of drug-likeness (QED) is 0.868. The van der Waals surface area contributed by atoms with E-state index in [9.17, 15) is 8.78 Å². The van der Waals surface area contributed by atoms with Gasteiger partial charge in [-0.2, -0.15) is 5.26 Å². The first-order valence-corrected chi connectivity index (χ1v) is 5.53. The predicted octanol–water partition coefficient (Wildman–Crippen LogP) is 3.68. The Hall–Kier alpha value is -1.63. The molecule has 0 atom stereocenters. The molecule has 0 saturated carbocycles. The van der Waals surface area contributed by atoms with Crippen LogP contribution in [0.5, 0.6) is 0 Å². The number of hydrogen-bond donors (Lipinski definition) is 1. The van der Waals surface area contributed by atoms with Gasteiger partial charge in [-0.3, -0.25) is 0 Å². The van der Waals surface area contributed by atoms with Crippen molar-refractivity contribution in [2.24, 2.45) is 5.41 Å². The van der Waals surface area contributed by atoms with Crippen LogP contribution in [0.15, 0.2) is 12.1 Å². The SMILES string of the molecule is CCC(C)(C)CNc1ccc(C#N)c(F)c1F. The lowest BCUT2D eigenvalue weighted by atomic mass is 9.90. The number of nitrogens with one attached hydrogen (secondary N) is 1. The summed E-state index contributed by atoms with van der Waals surface area (Å²) < 4.78 is 26.9. The fraction of sp³-hybridized carbons (Fsp3) is 0.462. The van der Waals surface area contributed by atoms with Crippen LogP contribution < -0.4 is 5.32 Å². The number of anilines is 1. The van der Waals surface area contributed by atoms with Crippen LogP contribution in [0.1, 0.15) is 32.8 Å². The summed E-state index contributed by atoms with van der Waals surface area (Å²) in [6.45, 7) is 6.67. The first-order valence-electron chi connectivity index (χ1n) is 5.53. The molecule has 1 aromatic rings. The third-order valence-corrected chi connectivity index (χ3v) is 2.92. The second kappa shape index (κ2) is 5.13. The van der Waals surface area contributed by atoms with E-state index in [1.165, 1.54) is 12.1 Å². The smallest absolute Gasteiger partial charge is 0.183 e. The van der Waals surface area contributed by atoms with Gasteiger partial charge in [-0.15, -0.1) is 0 Å². The number of rotatable bonds is 4. The van der Waals surface area contributed by atoms with Crippen molar-refractivity contribution in [3.05, 3.63) is 29.3 Å². The van der Waals surface area contributed by atoms with Crippen LogP contribution in [-0.2, 0) is 0 Å². The highest BCUT2D eigenvalue weighted by molar-refractivity contribution is 5.49. The summed E-state index contributed by atoms with van der Waals surface area (Å²) in [5.74, 6) is -2.08. The number of benzene rings is 1. The second-order valence-electron chi connectivity index (χ2n) is 4.77. The Labute approximate surface area is 100 Å². The zero-order valence-corrected chi connectivity index (χ0v) is 10.3. The topological polar surface area (TPSA) is 35.8 Å². The van der Waals surface area contributed by atoms with Gasteiger partial charge in [0.05, 0.1) is 11.3 Å². The minimum Gasteiger partial charge on any atom is -0.382 e. The molecule has 92 valence electrons. The van der Waals surface area contributed by atoms with Crippen LogP contribution in [0.2, 0.25) is 0 Å². The van der Waals surface area contributed by atoms with Gasteiger partial charge in [0.2, 0.25) is 0 Å². The highest BCUT2D eigenvalue weighted by atomic mass is 19.2. The highest BCUT2D eigenvalue weighted by Gasteiger charge is 2.17. The molecule has 2 nitrogen and oxygen atoms in total. The second-order valence-corrected chi connectivity index (χ2v) is 4.77. The van der Waals surface area contributed by atoms with Crippen LogP contribution in [0, 0.1) is 28.4 Å². The lowest BCUT2D eigenvalue weighted by Crippen LogP contribution is -2.22. The van der Waals surface area contributed by atoms with E-state index in [0.717, 1.165) is 6.42 Å². The summed E-state index contributed by atoms with van der Waals surface area (Å²) in [5.41, 5.74) is -0.164. The van der Waals surface area contributed by atoms with Gasteiger partial charge in [-0.25, -0.2) is 8.78 Å². The van der Waals surface area contributed by atoms with Crippen molar-refractivity contribution in [3.63, 3.8) is 0 Å². The minimum absolute atomic E-state index is 0.0107. The third kappa shape index (κ3) is 3.16. The van der Waals surface area contributed by atoms with E-state index in [0.29, 0.717) is 6.54 Å². The Balaban J connectivity index is 2.88. The molecular weight excluding hydrogens is 222 g/mol. The number of nitrogens with zero attached hydrogens (tertiary/aromatic N) is 1. The third-order valence-electron chi connectivity index (χ3n) is 2.92. The molecule has 0 unspecified atom stereocenters. The van der Waals surface area contributed by atoms with Crippen LogP contribution >= 0.6 is 0 Å². The molecule has 0 aromatic heterocycles. The summed E-state index contributed by atoms with van der Waals surface area (Å²) in [6, 6.07) is 4.27. The van der Waals surface area contributed by atoms with Gasteiger partial charge in [0.15, 0.2) is 11.6 Å². The van der Waals surface area contributed by atoms with Gasteiger partial charge in [0.1, 0.15) is 6.07 Å². The standard InChI is InChI=1S/C13H16F2N2/c1-4-13(2,3)8-17-10-6-5-9(7-16)11(14)12(10)15/h5-6,17H,4,8H2,1-3H3. The molecule has 0 saturated heterocycles. The molecule has 1 aromatic carbocycles. The van der Waals surface area contributed by atoms with Crippen LogP contribution in [0.3, 0.4) is 0 Å². The summed E-state index contributed by atoms with van der Waals surface area (Å²) in [6.07, 6.45) is 0.931. The monoisotopic (exact) mass is 238 g/mol. The molecule has 17 heavy (non-hydrogen) atoms. The molecule has 0 aliphatic carbocycles. The molecule has 0 amide bonds. The average Bonchev–Trinajstić information content (AvgIpc) is 2.31. The average molecular weight is 238 g/mol. The van der Waals surface area contributed by atoms with Gasteiger partial charge >= 0.3 is 0 Å². The Bertz CT molecular complexity index is 447. The van der Waals surface area contributed by atoms with Crippen molar-refractivity contribution < 1.29 is 8.78 Å². The first kappa shape index (κ1) is 13.4. The minimum atomic E-state index is -1.09. The Morgan fingerprint density at radius 1 is 1.29 bits per heavy atom. The van der Waals surface area contributed by atoms with E-state index in [1.807, 2.05) is 20.8 Å². The summed E-state index contributed by atoms with van der Waals surface area (Å²) >= 11 is 0. The maximum Gasteiger partial charge on any atom is 0.183 e. The summed E-state index contributed by atoms with van der Waals surface area (Å²) in [7, 11) is 0. The predicted molar refractivity (Wildman–Crippen MR) is 63.6 cm³/mol. The van der Waals surface area contributed by atoms with Gasteiger partial charge in [-0.1, -0.05) is 20.8 Å². The van der Waals surface area contributed by atoms with Gasteiger partial charge < -0.3 is 5.32 Å². The fourth-order valence-corrected chi connectivity index (χ4v) is 1.23. The molecule has 0 bridgehead atoms. The van der Waals surface area contributed by atoms with Crippen LogP contribution in [0.25, 0.3) is 0 Å². The van der Waals surface area contributed by atoms with E-state index in [4.69, 9.17) is 5.26 Å². The fourth-order valence-electron chi connectivity index (χ4n) is 1.23. The molecule has 0 aliphatic rings. The van der Waals surface area contributed by atoms with E-state index in [1.54, 1.807) is 6.07 Å². The molecule has 0 fully saturated rings. The number of halogens is 2. The van der Waals surface area contributed by atoms with Crippen LogP contribution in [0.4, 0.5) is 14.5 Å². The first-order chi connectivity index (χ1) is 7.91. The normalized spacial score (nSPS) is 11.1. The van der Waals surface area contributed by atoms with Crippen molar-refractivity contribution in [2.75, 3.05) is 11.9 Å². The molecule has 4 heteroatoms. The lowest BCUT2D eigenvalue weighted by molar-refractivity contribution is 0.376. The van der Waals surface area contributed by atoms with Gasteiger partial charge in [0, 0.05) is 6.54 Å². The van der Waals surface area contributed by atoms with Crippen molar-refractivity contribution in [1.82, 2.24) is 0 Å². The van der Waals surface area contributed by atoms with E-state index < -0.39 is 11.6 Å². The molecule has 0 radical (unpaired) electrons. The van der Waals surface area contributed by atoms with Gasteiger partial charge in [0.25, 0.3) is 0 Å². The van der Waals surface area contributed by atoms with E-state index >= 15 is 0 Å². The maximum atomic E-state index is 13.5. The number of hydrogen-bond acceptors (Lipinski definition) is 2. The molecular formula is C13H16F2N2. The van der Waals surface area contributed by atoms with Gasteiger partial charge in [-0.05, 0) is 24.0 Å². The van der Waals surface area contributed by atoms with E-state index in [-0.39, 0.29) is 16.7 Å². The summed E-state index contributed by atoms with van der Waals surface area (Å²) in [5, 5.41) is 11.4. The maximum absolute atomic E-state index is 13.5. The summed E-state index contributed by atoms with van der Waals surface area (Å²) in [4.78, 5) is 0. The molecule has 1 rings (SSSR count). The number of nitriles is 1. The molecule has 0 heterocycles. The van der Waals surface area contributed by atoms with Crippen molar-refractivity contribution in [3.8, 4) is 6.07 Å². The molecule has 0 aliphatic heterocycles. The molecule has 1 N–H and O–H groups in total. The molecule has 0 spiro atoms. The van der Waals surface area contributed by atoms with Crippen molar-refractivity contribution in [1.29, 1.82) is 5.26 Å². The Morgan fingerprint density at radius 3 is 2.47 bits per heavy atom. The zero-order valence-electron chi connectivity index (χ0n) is 10.3. The van der Waals surface area contributed by atoms with Crippen LogP contribution in [-0.4, -0.2) is 6.54 Å². The largest absolute Gasteiger partial charge is 0.382 e. The van der Waals surface area contributed by atoms with Crippen molar-refractivity contribution >= 4 is 5.69 Å². The Kier molecular flexibility index (Phi) is 4.06. The zero-order chi connectivity index (χ0) is 13.1. The lowest BCUT2D eigenvalue weighted by Gasteiger charge is -2.23. The highest BCUT2D eigenvalue weighted by Crippen LogP contribution is 2.24. The Morgan fingerprint density at radius 2 is 1.94 bits per heavy atom.